The minimum Gasteiger partial charge on any atom is -0.0654 e. The first kappa shape index (κ1) is 16.4. The van der Waals surface area contributed by atoms with Gasteiger partial charge in [0.1, 0.15) is 0 Å². The first-order valence-corrected chi connectivity index (χ1v) is 9.67. The highest BCUT2D eigenvalue weighted by Crippen LogP contribution is 2.47. The van der Waals surface area contributed by atoms with Crippen molar-refractivity contribution in [3.8, 4) is 0 Å². The summed E-state index contributed by atoms with van der Waals surface area (Å²) in [5.74, 6) is 3.26. The van der Waals surface area contributed by atoms with E-state index in [1.807, 2.05) is 0 Å². The van der Waals surface area contributed by atoms with Crippen LogP contribution in [-0.2, 0) is 0 Å². The average molecular weight is 279 g/mol. The van der Waals surface area contributed by atoms with Crippen LogP contribution in [0.5, 0.6) is 0 Å². The summed E-state index contributed by atoms with van der Waals surface area (Å²) in [6.45, 7) is 7.26. The molecule has 2 aliphatic carbocycles. The van der Waals surface area contributed by atoms with Gasteiger partial charge in [-0.05, 0) is 68.1 Å². The zero-order valence-electron chi connectivity index (χ0n) is 14.4. The van der Waals surface area contributed by atoms with Gasteiger partial charge in [0.15, 0.2) is 0 Å². The summed E-state index contributed by atoms with van der Waals surface area (Å²) >= 11 is 0. The molecule has 0 unspecified atom stereocenters. The van der Waals surface area contributed by atoms with Crippen LogP contribution in [-0.4, -0.2) is 0 Å². The predicted octanol–water partition coefficient (Wildman–Crippen LogP) is 6.98. The maximum Gasteiger partial charge on any atom is -0.0326 e. The Morgan fingerprint density at radius 3 is 1.95 bits per heavy atom. The fourth-order valence-electron chi connectivity index (χ4n) is 5.02. The van der Waals surface area contributed by atoms with Crippen LogP contribution in [0.15, 0.2) is 0 Å². The van der Waals surface area contributed by atoms with Crippen LogP contribution in [0.1, 0.15) is 104 Å². The lowest BCUT2D eigenvalue weighted by atomic mass is 9.63. The summed E-state index contributed by atoms with van der Waals surface area (Å²) in [4.78, 5) is 0. The molecule has 0 amide bonds. The second-order valence-electron chi connectivity index (χ2n) is 8.32. The molecule has 0 heteroatoms. The van der Waals surface area contributed by atoms with Gasteiger partial charge < -0.3 is 0 Å². The molecule has 0 spiro atoms. The van der Waals surface area contributed by atoms with Gasteiger partial charge >= 0.3 is 0 Å². The van der Waals surface area contributed by atoms with Gasteiger partial charge in [-0.1, -0.05) is 59.3 Å². The van der Waals surface area contributed by atoms with Crippen LogP contribution < -0.4 is 0 Å². The average Bonchev–Trinajstić information content (AvgIpc) is 2.47. The van der Waals surface area contributed by atoms with Crippen molar-refractivity contribution in [2.45, 2.75) is 104 Å². The Hall–Kier alpha value is 0. The fraction of sp³-hybridized carbons (Fsp3) is 1.00. The van der Waals surface area contributed by atoms with Crippen LogP contribution in [0.2, 0.25) is 0 Å². The summed E-state index contributed by atoms with van der Waals surface area (Å²) < 4.78 is 0. The molecule has 0 atom stereocenters. The lowest BCUT2D eigenvalue weighted by Crippen LogP contribution is -2.30. The Balaban J connectivity index is 1.72. The number of hydrogen-bond donors (Lipinski definition) is 0. The van der Waals surface area contributed by atoms with E-state index in [0.717, 1.165) is 17.8 Å². The summed E-state index contributed by atoms with van der Waals surface area (Å²) in [6, 6.07) is 0. The molecule has 0 aliphatic heterocycles. The first-order valence-electron chi connectivity index (χ1n) is 9.67. The van der Waals surface area contributed by atoms with Gasteiger partial charge in [0.2, 0.25) is 0 Å². The van der Waals surface area contributed by atoms with Crippen LogP contribution in [0, 0.1) is 23.2 Å². The van der Waals surface area contributed by atoms with Crippen molar-refractivity contribution < 1.29 is 0 Å². The fourth-order valence-corrected chi connectivity index (χ4v) is 5.02. The highest BCUT2D eigenvalue weighted by atomic mass is 14.4. The van der Waals surface area contributed by atoms with E-state index in [1.54, 1.807) is 38.5 Å². The van der Waals surface area contributed by atoms with Gasteiger partial charge in [-0.2, -0.15) is 0 Å². The third-order valence-corrected chi connectivity index (χ3v) is 6.63. The number of unbranched alkanes of at least 4 members (excludes halogenated alkanes) is 1. The molecular formula is C20H38. The Labute approximate surface area is 128 Å². The Morgan fingerprint density at radius 2 is 1.40 bits per heavy atom. The molecular weight excluding hydrogens is 240 g/mol. The van der Waals surface area contributed by atoms with E-state index in [0.29, 0.717) is 5.41 Å². The SMILES string of the molecule is CCCC[C@]1(C)CC[C@@H](C2CCC(CCC)CC2)CC1. The van der Waals surface area contributed by atoms with Gasteiger partial charge in [0, 0.05) is 0 Å². The van der Waals surface area contributed by atoms with Gasteiger partial charge in [0.25, 0.3) is 0 Å². The molecule has 118 valence electrons. The van der Waals surface area contributed by atoms with Crippen LogP contribution >= 0.6 is 0 Å². The minimum atomic E-state index is 0.700. The highest BCUT2D eigenvalue weighted by molar-refractivity contribution is 4.86. The van der Waals surface area contributed by atoms with E-state index in [-0.39, 0.29) is 0 Å². The molecule has 0 bridgehead atoms. The minimum absolute atomic E-state index is 0.700. The molecule has 0 N–H and O–H groups in total. The van der Waals surface area contributed by atoms with E-state index >= 15 is 0 Å². The third-order valence-electron chi connectivity index (χ3n) is 6.63. The molecule has 2 rings (SSSR count). The summed E-state index contributed by atoms with van der Waals surface area (Å²) in [5.41, 5.74) is 0.700. The van der Waals surface area contributed by atoms with Gasteiger partial charge in [-0.25, -0.2) is 0 Å². The van der Waals surface area contributed by atoms with Crippen molar-refractivity contribution in [3.63, 3.8) is 0 Å². The van der Waals surface area contributed by atoms with Gasteiger partial charge in [-0.15, -0.1) is 0 Å². The van der Waals surface area contributed by atoms with Crippen molar-refractivity contribution in [3.05, 3.63) is 0 Å². The maximum atomic E-state index is 2.57. The van der Waals surface area contributed by atoms with E-state index in [1.165, 1.54) is 44.9 Å². The summed E-state index contributed by atoms with van der Waals surface area (Å²) in [6.07, 6.45) is 19.5. The lowest BCUT2D eigenvalue weighted by Gasteiger charge is -2.42. The zero-order chi connectivity index (χ0) is 14.4. The van der Waals surface area contributed by atoms with Crippen molar-refractivity contribution in [1.82, 2.24) is 0 Å². The molecule has 0 heterocycles. The Bertz CT molecular complexity index is 251. The van der Waals surface area contributed by atoms with Crippen molar-refractivity contribution in [2.24, 2.45) is 23.2 Å². The van der Waals surface area contributed by atoms with E-state index < -0.39 is 0 Å². The standard InChI is InChI=1S/C20H38/c1-4-6-14-20(3)15-12-19(13-16-20)18-10-8-17(7-5-2)9-11-18/h17-19H,4-16H2,1-3H3/t17?,18?,19-,20-. The molecule has 0 aromatic carbocycles. The monoisotopic (exact) mass is 278 g/mol. The normalized spacial score (nSPS) is 38.9. The molecule has 0 aromatic rings. The second kappa shape index (κ2) is 7.85. The Morgan fingerprint density at radius 1 is 0.800 bits per heavy atom. The molecule has 2 fully saturated rings. The largest absolute Gasteiger partial charge is 0.0654 e. The molecule has 0 saturated heterocycles. The second-order valence-corrected chi connectivity index (χ2v) is 8.32. The number of rotatable bonds is 6. The quantitative estimate of drug-likeness (QED) is 0.491. The van der Waals surface area contributed by atoms with Crippen molar-refractivity contribution in [1.29, 1.82) is 0 Å². The molecule has 0 nitrogen and oxygen atoms in total. The molecule has 0 radical (unpaired) electrons. The summed E-state index contributed by atoms with van der Waals surface area (Å²) in [7, 11) is 0. The highest BCUT2D eigenvalue weighted by Gasteiger charge is 2.35. The van der Waals surface area contributed by atoms with Crippen LogP contribution in [0.4, 0.5) is 0 Å². The first-order chi connectivity index (χ1) is 9.67. The maximum absolute atomic E-state index is 2.57. The zero-order valence-corrected chi connectivity index (χ0v) is 14.4. The van der Waals surface area contributed by atoms with Crippen LogP contribution in [0.25, 0.3) is 0 Å². The molecule has 0 aromatic heterocycles. The van der Waals surface area contributed by atoms with E-state index in [9.17, 15) is 0 Å². The van der Waals surface area contributed by atoms with E-state index in [4.69, 9.17) is 0 Å². The molecule has 2 aliphatic rings. The Kier molecular flexibility index (Phi) is 6.43. The van der Waals surface area contributed by atoms with Gasteiger partial charge in [0.05, 0.1) is 0 Å². The summed E-state index contributed by atoms with van der Waals surface area (Å²) in [5, 5.41) is 0. The predicted molar refractivity (Wildman–Crippen MR) is 89.9 cm³/mol. The number of hydrogen-bond acceptors (Lipinski definition) is 0. The van der Waals surface area contributed by atoms with Crippen molar-refractivity contribution >= 4 is 0 Å². The van der Waals surface area contributed by atoms with Crippen molar-refractivity contribution in [2.75, 3.05) is 0 Å². The van der Waals surface area contributed by atoms with E-state index in [2.05, 4.69) is 20.8 Å². The van der Waals surface area contributed by atoms with Crippen LogP contribution in [0.3, 0.4) is 0 Å². The molecule has 20 heavy (non-hydrogen) atoms. The molecule has 2 saturated carbocycles. The lowest BCUT2D eigenvalue weighted by molar-refractivity contribution is 0.0955. The topological polar surface area (TPSA) is 0 Å². The third kappa shape index (κ3) is 4.50. The van der Waals surface area contributed by atoms with Gasteiger partial charge in [-0.3, -0.25) is 0 Å². The smallest absolute Gasteiger partial charge is 0.0326 e.